The Morgan fingerprint density at radius 3 is 1.89 bits per heavy atom. The first kappa shape index (κ1) is 12.7. The average molecular weight is 261 g/mol. The van der Waals surface area contributed by atoms with Gasteiger partial charge in [0.05, 0.1) is 0 Å². The summed E-state index contributed by atoms with van der Waals surface area (Å²) < 4.78 is 0. The van der Waals surface area contributed by atoms with Crippen molar-refractivity contribution in [3.8, 4) is 0 Å². The lowest BCUT2D eigenvalue weighted by molar-refractivity contribution is -0.0198. The van der Waals surface area contributed by atoms with Crippen LogP contribution in [0.5, 0.6) is 0 Å². The van der Waals surface area contributed by atoms with E-state index in [0.717, 1.165) is 41.7 Å². The van der Waals surface area contributed by atoms with Crippen molar-refractivity contribution >= 4 is 0 Å². The lowest BCUT2D eigenvalue weighted by Crippen LogP contribution is -2.57. The van der Waals surface area contributed by atoms with Gasteiger partial charge in [-0.15, -0.1) is 0 Å². The van der Waals surface area contributed by atoms with Crippen LogP contribution in [0.3, 0.4) is 0 Å². The van der Waals surface area contributed by atoms with Crippen LogP contribution in [0.4, 0.5) is 0 Å². The Hall–Kier alpha value is -0.0400. The molecule has 5 saturated carbocycles. The highest BCUT2D eigenvalue weighted by molar-refractivity contribution is 5.02. The highest BCUT2D eigenvalue weighted by atomic mass is 15.0. The van der Waals surface area contributed by atoms with Crippen LogP contribution in [0.15, 0.2) is 0 Å². The van der Waals surface area contributed by atoms with Gasteiger partial charge in [0.25, 0.3) is 0 Å². The summed E-state index contributed by atoms with van der Waals surface area (Å²) in [7, 11) is 0. The first-order chi connectivity index (χ1) is 9.31. The Balaban J connectivity index is 1.36. The minimum absolute atomic E-state index is 0.866. The lowest BCUT2D eigenvalue weighted by atomic mass is 9.54. The van der Waals surface area contributed by atoms with Gasteiger partial charge in [-0.25, -0.2) is 0 Å². The minimum atomic E-state index is 0.866. The molecule has 19 heavy (non-hydrogen) atoms. The molecule has 0 aliphatic heterocycles. The lowest BCUT2D eigenvalue weighted by Gasteiger charge is -2.55. The second-order valence-corrected chi connectivity index (χ2v) is 8.25. The largest absolute Gasteiger partial charge is 0.311 e. The Kier molecular flexibility index (Phi) is 3.38. The Morgan fingerprint density at radius 1 is 0.789 bits per heavy atom. The molecule has 0 aromatic rings. The van der Waals surface area contributed by atoms with Gasteiger partial charge in [0.1, 0.15) is 0 Å². The monoisotopic (exact) mass is 261 g/mol. The molecule has 1 heteroatoms. The molecule has 0 atom stereocenters. The van der Waals surface area contributed by atoms with Crippen molar-refractivity contribution in [2.24, 2.45) is 29.6 Å². The molecule has 5 aliphatic carbocycles. The van der Waals surface area contributed by atoms with Gasteiger partial charge in [-0.2, -0.15) is 0 Å². The van der Waals surface area contributed by atoms with E-state index in [1.807, 2.05) is 0 Å². The van der Waals surface area contributed by atoms with Crippen LogP contribution < -0.4 is 5.32 Å². The van der Waals surface area contributed by atoms with Crippen LogP contribution in [-0.2, 0) is 0 Å². The summed E-state index contributed by atoms with van der Waals surface area (Å²) in [6.07, 6.45) is 15.1. The number of nitrogens with one attached hydrogen (secondary N) is 1. The van der Waals surface area contributed by atoms with E-state index in [1.165, 1.54) is 32.1 Å². The second kappa shape index (κ2) is 5.06. The standard InChI is InChI=1S/C18H31N/c1-2-12-3-5-17(6-4-12)19-18-15-8-13-7-14(10-15)11-16(18)9-13/h12-19H,2-11H2,1H3. The molecule has 5 aliphatic rings. The van der Waals surface area contributed by atoms with Crippen LogP contribution >= 0.6 is 0 Å². The molecule has 5 fully saturated rings. The van der Waals surface area contributed by atoms with Gasteiger partial charge in [-0.3, -0.25) is 0 Å². The van der Waals surface area contributed by atoms with Gasteiger partial charge in [0.2, 0.25) is 0 Å². The van der Waals surface area contributed by atoms with E-state index in [-0.39, 0.29) is 0 Å². The van der Waals surface area contributed by atoms with E-state index >= 15 is 0 Å². The zero-order valence-corrected chi connectivity index (χ0v) is 12.6. The number of rotatable bonds is 3. The fourth-order valence-corrected chi connectivity index (χ4v) is 6.21. The number of hydrogen-bond acceptors (Lipinski definition) is 1. The third-order valence-corrected chi connectivity index (χ3v) is 7.08. The molecule has 1 nitrogen and oxygen atoms in total. The van der Waals surface area contributed by atoms with E-state index in [0.29, 0.717) is 0 Å². The quantitative estimate of drug-likeness (QED) is 0.795. The summed E-state index contributed by atoms with van der Waals surface area (Å²) in [6.45, 7) is 2.37. The summed E-state index contributed by atoms with van der Waals surface area (Å²) in [5.74, 6) is 5.39. The highest BCUT2D eigenvalue weighted by Gasteiger charge is 2.48. The van der Waals surface area contributed by atoms with Crippen molar-refractivity contribution in [2.75, 3.05) is 0 Å². The van der Waals surface area contributed by atoms with Crippen molar-refractivity contribution < 1.29 is 0 Å². The van der Waals surface area contributed by atoms with Crippen molar-refractivity contribution in [1.29, 1.82) is 0 Å². The van der Waals surface area contributed by atoms with Gasteiger partial charge < -0.3 is 5.32 Å². The summed E-state index contributed by atoms with van der Waals surface area (Å²) in [5, 5.41) is 4.15. The van der Waals surface area contributed by atoms with E-state index in [1.54, 1.807) is 32.1 Å². The van der Waals surface area contributed by atoms with E-state index in [2.05, 4.69) is 12.2 Å². The van der Waals surface area contributed by atoms with Crippen molar-refractivity contribution in [3.63, 3.8) is 0 Å². The molecule has 0 spiro atoms. The fourth-order valence-electron chi connectivity index (χ4n) is 6.21. The summed E-state index contributed by atoms with van der Waals surface area (Å²) in [5.41, 5.74) is 0. The van der Waals surface area contributed by atoms with Crippen molar-refractivity contribution in [1.82, 2.24) is 5.32 Å². The van der Waals surface area contributed by atoms with E-state index < -0.39 is 0 Å². The molecule has 4 bridgehead atoms. The van der Waals surface area contributed by atoms with Crippen molar-refractivity contribution in [2.45, 2.75) is 83.2 Å². The molecule has 0 amide bonds. The van der Waals surface area contributed by atoms with Crippen molar-refractivity contribution in [3.05, 3.63) is 0 Å². The smallest absolute Gasteiger partial charge is 0.0127 e. The van der Waals surface area contributed by atoms with Gasteiger partial charge in [0, 0.05) is 12.1 Å². The molecule has 0 radical (unpaired) electrons. The summed E-state index contributed by atoms with van der Waals surface area (Å²) in [4.78, 5) is 0. The topological polar surface area (TPSA) is 12.0 Å². The minimum Gasteiger partial charge on any atom is -0.311 e. The molecule has 0 aromatic heterocycles. The predicted octanol–water partition coefficient (Wildman–Crippen LogP) is 4.37. The molecule has 0 heterocycles. The van der Waals surface area contributed by atoms with E-state index in [4.69, 9.17) is 0 Å². The molecule has 108 valence electrons. The van der Waals surface area contributed by atoms with Gasteiger partial charge in [-0.1, -0.05) is 13.3 Å². The molecular formula is C18H31N. The molecule has 0 unspecified atom stereocenters. The van der Waals surface area contributed by atoms with Gasteiger partial charge in [-0.05, 0) is 87.4 Å². The third kappa shape index (κ3) is 2.37. The molecule has 0 saturated heterocycles. The average Bonchev–Trinajstić information content (AvgIpc) is 2.43. The third-order valence-electron chi connectivity index (χ3n) is 7.08. The van der Waals surface area contributed by atoms with Crippen LogP contribution in [0.2, 0.25) is 0 Å². The van der Waals surface area contributed by atoms with Gasteiger partial charge in [0.15, 0.2) is 0 Å². The van der Waals surface area contributed by atoms with E-state index in [9.17, 15) is 0 Å². The Labute approximate surface area is 118 Å². The molecular weight excluding hydrogens is 230 g/mol. The first-order valence-corrected chi connectivity index (χ1v) is 9.07. The van der Waals surface area contributed by atoms with Crippen LogP contribution in [0.1, 0.15) is 71.1 Å². The maximum Gasteiger partial charge on any atom is 0.0127 e. The second-order valence-electron chi connectivity index (χ2n) is 8.25. The Bertz CT molecular complexity index is 288. The molecule has 1 N–H and O–H groups in total. The van der Waals surface area contributed by atoms with Crippen LogP contribution in [0, 0.1) is 29.6 Å². The SMILES string of the molecule is CCC1CCC(NC2C3CC4CC(C3)CC2C4)CC1. The maximum absolute atomic E-state index is 4.15. The van der Waals surface area contributed by atoms with Gasteiger partial charge >= 0.3 is 0 Å². The maximum atomic E-state index is 4.15. The summed E-state index contributed by atoms with van der Waals surface area (Å²) in [6, 6.07) is 1.78. The number of hydrogen-bond donors (Lipinski definition) is 1. The highest BCUT2D eigenvalue weighted by Crippen LogP contribution is 2.54. The molecule has 0 aromatic carbocycles. The fraction of sp³-hybridized carbons (Fsp3) is 1.00. The van der Waals surface area contributed by atoms with Crippen LogP contribution in [-0.4, -0.2) is 12.1 Å². The summed E-state index contributed by atoms with van der Waals surface area (Å²) >= 11 is 0. The predicted molar refractivity (Wildman–Crippen MR) is 80.0 cm³/mol. The first-order valence-electron chi connectivity index (χ1n) is 9.07. The zero-order chi connectivity index (χ0) is 12.8. The van der Waals surface area contributed by atoms with Crippen LogP contribution in [0.25, 0.3) is 0 Å². The zero-order valence-electron chi connectivity index (χ0n) is 12.6. The molecule has 5 rings (SSSR count). The normalized spacial score (nSPS) is 52.6. The Morgan fingerprint density at radius 2 is 1.37 bits per heavy atom.